The number of anilines is 4. The zero-order valence-corrected chi connectivity index (χ0v) is 14.1. The van der Waals surface area contributed by atoms with Crippen LogP contribution in [-0.4, -0.2) is 27.0 Å². The molecule has 3 aromatic rings. The van der Waals surface area contributed by atoms with E-state index >= 15 is 0 Å². The molecule has 0 radical (unpaired) electrons. The van der Waals surface area contributed by atoms with E-state index in [0.29, 0.717) is 17.3 Å². The van der Waals surface area contributed by atoms with E-state index in [1.807, 2.05) is 13.0 Å². The summed E-state index contributed by atoms with van der Waals surface area (Å²) in [7, 11) is 1.54. The Morgan fingerprint density at radius 2 is 1.85 bits per heavy atom. The molecule has 2 aromatic heterocycles. The monoisotopic (exact) mass is 352 g/mol. The molecule has 0 aliphatic heterocycles. The molecule has 1 aromatic carbocycles. The first-order chi connectivity index (χ1) is 12.6. The molecule has 2 N–H and O–H groups in total. The summed E-state index contributed by atoms with van der Waals surface area (Å²) in [6, 6.07) is 10.6. The van der Waals surface area contributed by atoms with E-state index < -0.39 is 4.92 Å². The Kier molecular flexibility index (Phi) is 4.88. The number of nitrogens with one attached hydrogen (secondary N) is 2. The summed E-state index contributed by atoms with van der Waals surface area (Å²) < 4.78 is 5.16. The molecule has 0 saturated heterocycles. The van der Waals surface area contributed by atoms with Crippen LogP contribution in [0.2, 0.25) is 0 Å². The molecule has 0 aliphatic carbocycles. The van der Waals surface area contributed by atoms with Gasteiger partial charge in [0.1, 0.15) is 17.9 Å². The van der Waals surface area contributed by atoms with Crippen LogP contribution in [-0.2, 0) is 0 Å². The molecule has 2 heterocycles. The van der Waals surface area contributed by atoms with E-state index in [0.717, 1.165) is 5.56 Å². The van der Waals surface area contributed by atoms with Crippen molar-refractivity contribution >= 4 is 28.8 Å². The van der Waals surface area contributed by atoms with Crippen LogP contribution in [0.5, 0.6) is 5.75 Å². The average Bonchev–Trinajstić information content (AvgIpc) is 2.62. The van der Waals surface area contributed by atoms with Gasteiger partial charge in [-0.05, 0) is 36.8 Å². The molecule has 3 rings (SSSR count). The second-order valence-electron chi connectivity index (χ2n) is 5.38. The van der Waals surface area contributed by atoms with Gasteiger partial charge < -0.3 is 15.4 Å². The summed E-state index contributed by atoms with van der Waals surface area (Å²) in [6.45, 7) is 1.90. The molecule has 0 fully saturated rings. The summed E-state index contributed by atoms with van der Waals surface area (Å²) in [6.07, 6.45) is 2.85. The van der Waals surface area contributed by atoms with Crippen molar-refractivity contribution in [3.05, 3.63) is 64.6 Å². The Labute approximate surface area is 149 Å². The van der Waals surface area contributed by atoms with Crippen LogP contribution in [0.3, 0.4) is 0 Å². The number of hydrogen-bond acceptors (Lipinski definition) is 8. The van der Waals surface area contributed by atoms with Gasteiger partial charge in [-0.2, -0.15) is 0 Å². The summed E-state index contributed by atoms with van der Waals surface area (Å²) in [5.74, 6) is 1.19. The van der Waals surface area contributed by atoms with Gasteiger partial charge in [0.15, 0.2) is 0 Å². The van der Waals surface area contributed by atoms with Gasteiger partial charge in [0.25, 0.3) is 0 Å². The highest BCUT2D eigenvalue weighted by Crippen LogP contribution is 2.33. The Morgan fingerprint density at radius 3 is 2.54 bits per heavy atom. The highest BCUT2D eigenvalue weighted by atomic mass is 16.6. The third kappa shape index (κ3) is 3.83. The Morgan fingerprint density at radius 1 is 1.08 bits per heavy atom. The number of nitrogens with zero attached hydrogens (tertiary/aromatic N) is 4. The normalized spacial score (nSPS) is 10.2. The standard InChI is InChI=1S/C17H16N6O3/c1-11-6-7-18-14(8-11)22-17-15(23(24)25)16(19-10-20-17)21-12-4-3-5-13(9-12)26-2/h3-10H,1-2H3,(H2,18,19,20,21,22). The first-order valence-electron chi connectivity index (χ1n) is 7.67. The van der Waals surface area contributed by atoms with Crippen molar-refractivity contribution in [3.8, 4) is 5.75 Å². The van der Waals surface area contributed by atoms with Crippen molar-refractivity contribution in [2.75, 3.05) is 17.7 Å². The predicted molar refractivity (Wildman–Crippen MR) is 97.2 cm³/mol. The zero-order chi connectivity index (χ0) is 18.5. The van der Waals surface area contributed by atoms with Crippen molar-refractivity contribution in [1.82, 2.24) is 15.0 Å². The quantitative estimate of drug-likeness (QED) is 0.511. The van der Waals surface area contributed by atoms with Gasteiger partial charge in [-0.15, -0.1) is 0 Å². The summed E-state index contributed by atoms with van der Waals surface area (Å²) in [4.78, 5) is 23.2. The molecule has 0 bridgehead atoms. The Balaban J connectivity index is 1.96. The number of hydrogen-bond donors (Lipinski definition) is 2. The predicted octanol–water partition coefficient (Wildman–Crippen LogP) is 3.58. The van der Waals surface area contributed by atoms with Gasteiger partial charge in [0.2, 0.25) is 11.6 Å². The van der Waals surface area contributed by atoms with Crippen molar-refractivity contribution in [2.45, 2.75) is 6.92 Å². The van der Waals surface area contributed by atoms with E-state index in [-0.39, 0.29) is 17.3 Å². The first kappa shape index (κ1) is 17.1. The summed E-state index contributed by atoms with van der Waals surface area (Å²) in [5, 5.41) is 17.4. The molecule has 0 atom stereocenters. The molecule has 9 nitrogen and oxygen atoms in total. The molecule has 132 valence electrons. The van der Waals surface area contributed by atoms with Crippen molar-refractivity contribution in [1.29, 1.82) is 0 Å². The largest absolute Gasteiger partial charge is 0.497 e. The maximum absolute atomic E-state index is 11.6. The number of aromatic nitrogens is 3. The minimum absolute atomic E-state index is 0.0495. The third-order valence-corrected chi connectivity index (χ3v) is 3.50. The number of nitro groups is 1. The molecule has 0 amide bonds. The number of ether oxygens (including phenoxy) is 1. The van der Waals surface area contributed by atoms with E-state index in [9.17, 15) is 10.1 Å². The second-order valence-corrected chi connectivity index (χ2v) is 5.38. The van der Waals surface area contributed by atoms with Crippen molar-refractivity contribution in [3.63, 3.8) is 0 Å². The van der Waals surface area contributed by atoms with Crippen LogP contribution in [0, 0.1) is 17.0 Å². The molecular formula is C17H16N6O3. The lowest BCUT2D eigenvalue weighted by atomic mass is 10.3. The van der Waals surface area contributed by atoms with Crippen molar-refractivity contribution < 1.29 is 9.66 Å². The van der Waals surface area contributed by atoms with Gasteiger partial charge in [0.05, 0.1) is 12.0 Å². The SMILES string of the molecule is COc1cccc(Nc2ncnc(Nc3cc(C)ccn3)c2[N+](=O)[O-])c1. The summed E-state index contributed by atoms with van der Waals surface area (Å²) in [5.41, 5.74) is 1.29. The number of aryl methyl sites for hydroxylation is 1. The number of rotatable bonds is 6. The second kappa shape index (κ2) is 7.43. The van der Waals surface area contributed by atoms with Crippen LogP contribution in [0.1, 0.15) is 5.56 Å². The molecule has 0 aliphatic rings. The molecular weight excluding hydrogens is 336 g/mol. The van der Waals surface area contributed by atoms with Crippen LogP contribution >= 0.6 is 0 Å². The van der Waals surface area contributed by atoms with Crippen molar-refractivity contribution in [2.24, 2.45) is 0 Å². The smallest absolute Gasteiger partial charge is 0.353 e. The van der Waals surface area contributed by atoms with Crippen LogP contribution in [0.15, 0.2) is 48.9 Å². The minimum Gasteiger partial charge on any atom is -0.497 e. The summed E-state index contributed by atoms with van der Waals surface area (Å²) >= 11 is 0. The van der Waals surface area contributed by atoms with Gasteiger partial charge in [-0.3, -0.25) is 10.1 Å². The van der Waals surface area contributed by atoms with Gasteiger partial charge in [-0.25, -0.2) is 15.0 Å². The number of pyridine rings is 1. The lowest BCUT2D eigenvalue weighted by Gasteiger charge is -2.10. The fraction of sp³-hybridized carbons (Fsp3) is 0.118. The Bertz CT molecular complexity index is 947. The first-order valence-corrected chi connectivity index (χ1v) is 7.67. The number of methoxy groups -OCH3 is 1. The number of benzene rings is 1. The van der Waals surface area contributed by atoms with E-state index in [4.69, 9.17) is 4.74 Å². The molecule has 0 spiro atoms. The third-order valence-electron chi connectivity index (χ3n) is 3.50. The average molecular weight is 352 g/mol. The Hall–Kier alpha value is -3.75. The fourth-order valence-electron chi connectivity index (χ4n) is 2.30. The van der Waals surface area contributed by atoms with Crippen LogP contribution in [0.25, 0.3) is 0 Å². The molecule has 9 heteroatoms. The maximum Gasteiger partial charge on any atom is 0.353 e. The fourth-order valence-corrected chi connectivity index (χ4v) is 2.30. The maximum atomic E-state index is 11.6. The lowest BCUT2D eigenvalue weighted by Crippen LogP contribution is -2.06. The van der Waals surface area contributed by atoms with E-state index in [1.54, 1.807) is 43.6 Å². The lowest BCUT2D eigenvalue weighted by molar-refractivity contribution is -0.383. The highest BCUT2D eigenvalue weighted by molar-refractivity contribution is 5.76. The molecule has 0 saturated carbocycles. The minimum atomic E-state index is -0.541. The van der Waals surface area contributed by atoms with Crippen LogP contribution < -0.4 is 15.4 Å². The van der Waals surface area contributed by atoms with E-state index in [2.05, 4.69) is 25.6 Å². The van der Waals surface area contributed by atoms with Crippen LogP contribution in [0.4, 0.5) is 28.8 Å². The van der Waals surface area contributed by atoms with Gasteiger partial charge >= 0.3 is 5.69 Å². The molecule has 0 unspecified atom stereocenters. The van der Waals surface area contributed by atoms with E-state index in [1.165, 1.54) is 6.33 Å². The molecule has 26 heavy (non-hydrogen) atoms. The van der Waals surface area contributed by atoms with Gasteiger partial charge in [-0.1, -0.05) is 6.07 Å². The topological polar surface area (TPSA) is 115 Å². The van der Waals surface area contributed by atoms with Gasteiger partial charge in [0, 0.05) is 18.0 Å². The zero-order valence-electron chi connectivity index (χ0n) is 14.1. The highest BCUT2D eigenvalue weighted by Gasteiger charge is 2.23.